The minimum Gasteiger partial charge on any atom is -0.507 e. The molecule has 1 aromatic carbocycles. The molecule has 0 amide bonds. The third-order valence-corrected chi connectivity index (χ3v) is 8.97. The van der Waals surface area contributed by atoms with E-state index >= 15 is 0 Å². The van der Waals surface area contributed by atoms with Crippen molar-refractivity contribution in [2.24, 2.45) is 0 Å². The summed E-state index contributed by atoms with van der Waals surface area (Å²) in [6.07, 6.45) is -6.05. The molecule has 4 aliphatic heterocycles. The van der Waals surface area contributed by atoms with Crippen molar-refractivity contribution in [3.8, 4) is 11.5 Å². The Balaban J connectivity index is 1.44. The molecule has 0 spiro atoms. The molecular formula is C28H32O12. The van der Waals surface area contributed by atoms with Crippen LogP contribution in [0.2, 0.25) is 0 Å². The molecule has 2 saturated heterocycles. The number of aliphatic hydroxyl groups excluding tert-OH is 1. The number of phenols is 2. The van der Waals surface area contributed by atoms with E-state index in [1.807, 2.05) is 0 Å². The van der Waals surface area contributed by atoms with Crippen LogP contribution < -0.4 is 0 Å². The van der Waals surface area contributed by atoms with Crippen molar-refractivity contribution < 1.29 is 58.9 Å². The normalized spacial score (nSPS) is 38.6. The van der Waals surface area contributed by atoms with E-state index in [1.54, 1.807) is 13.8 Å². The molecule has 5 N–H and O–H groups in total. The van der Waals surface area contributed by atoms with Gasteiger partial charge in [0.1, 0.15) is 17.1 Å². The van der Waals surface area contributed by atoms with Crippen LogP contribution in [0.4, 0.5) is 0 Å². The second kappa shape index (κ2) is 9.33. The molecule has 0 radical (unpaired) electrons. The number of aliphatic hydroxyl groups is 2. The van der Waals surface area contributed by atoms with E-state index in [0.717, 1.165) is 0 Å². The van der Waals surface area contributed by atoms with Crippen LogP contribution in [-0.2, 0) is 29.3 Å². The highest BCUT2D eigenvalue weighted by Gasteiger charge is 2.61. The van der Waals surface area contributed by atoms with E-state index in [2.05, 4.69) is 0 Å². The maximum Gasteiger partial charge on any atom is 0.305 e. The number of phenolic OH excluding ortho intramolecular Hbond substituents is 2. The molecule has 9 atom stereocenters. The van der Waals surface area contributed by atoms with Gasteiger partial charge in [-0.15, -0.1) is 0 Å². The molecule has 216 valence electrons. The van der Waals surface area contributed by atoms with Gasteiger partial charge in [0, 0.05) is 41.5 Å². The zero-order valence-corrected chi connectivity index (χ0v) is 22.2. The maximum atomic E-state index is 13.8. The number of ketones is 2. The molecule has 0 aromatic heterocycles. The van der Waals surface area contributed by atoms with Crippen LogP contribution in [0.15, 0.2) is 11.1 Å². The topological polar surface area (TPSA) is 189 Å². The number of aliphatic carboxylic acids is 1. The lowest BCUT2D eigenvalue weighted by Crippen LogP contribution is -2.60. The van der Waals surface area contributed by atoms with Crippen molar-refractivity contribution in [1.29, 1.82) is 0 Å². The quantitative estimate of drug-likeness (QED) is 0.336. The molecule has 40 heavy (non-hydrogen) atoms. The van der Waals surface area contributed by atoms with Crippen molar-refractivity contribution in [3.05, 3.63) is 33.4 Å². The summed E-state index contributed by atoms with van der Waals surface area (Å²) in [4.78, 5) is 38.8. The molecule has 0 unspecified atom stereocenters. The van der Waals surface area contributed by atoms with Gasteiger partial charge in [-0.2, -0.15) is 0 Å². The molecular weight excluding hydrogens is 528 g/mol. The summed E-state index contributed by atoms with van der Waals surface area (Å²) in [6.45, 7) is 4.82. The maximum absolute atomic E-state index is 13.8. The van der Waals surface area contributed by atoms with Crippen LogP contribution in [0.5, 0.6) is 11.5 Å². The van der Waals surface area contributed by atoms with E-state index in [4.69, 9.17) is 18.9 Å². The van der Waals surface area contributed by atoms with Gasteiger partial charge in [0.15, 0.2) is 17.9 Å². The van der Waals surface area contributed by atoms with Crippen LogP contribution in [-0.4, -0.2) is 86.0 Å². The van der Waals surface area contributed by atoms with Crippen LogP contribution in [0.1, 0.15) is 90.8 Å². The summed E-state index contributed by atoms with van der Waals surface area (Å²) in [5, 5.41) is 54.3. The Labute approximate surface area is 229 Å². The lowest BCUT2D eigenvalue weighted by Gasteiger charge is -2.54. The Bertz CT molecular complexity index is 1350. The summed E-state index contributed by atoms with van der Waals surface area (Å²) in [5.41, 5.74) is -2.94. The van der Waals surface area contributed by atoms with Crippen LogP contribution in [0.3, 0.4) is 0 Å². The predicted molar refractivity (Wildman–Crippen MR) is 133 cm³/mol. The molecule has 2 aliphatic carbocycles. The van der Waals surface area contributed by atoms with E-state index in [1.165, 1.54) is 6.92 Å². The number of rotatable bonds is 4. The number of carbonyl (C=O) groups is 3. The van der Waals surface area contributed by atoms with E-state index in [-0.39, 0.29) is 41.5 Å². The van der Waals surface area contributed by atoms with Gasteiger partial charge in [0.2, 0.25) is 0 Å². The van der Waals surface area contributed by atoms with Crippen molar-refractivity contribution in [2.75, 3.05) is 0 Å². The van der Waals surface area contributed by atoms with Gasteiger partial charge < -0.3 is 44.5 Å². The third-order valence-electron chi connectivity index (χ3n) is 8.97. The van der Waals surface area contributed by atoms with Crippen LogP contribution in [0, 0.1) is 0 Å². The number of aromatic hydroxyl groups is 2. The van der Waals surface area contributed by atoms with Gasteiger partial charge in [-0.05, 0) is 27.2 Å². The fraction of sp³-hybridized carbons (Fsp3) is 0.607. The first-order chi connectivity index (χ1) is 18.8. The van der Waals surface area contributed by atoms with Gasteiger partial charge in [0.05, 0.1) is 60.3 Å². The third kappa shape index (κ3) is 3.77. The van der Waals surface area contributed by atoms with E-state index in [0.29, 0.717) is 12.8 Å². The number of Topliss-reactive ketones (excluding diaryl/α,β-unsaturated/α-hetero) is 2. The summed E-state index contributed by atoms with van der Waals surface area (Å²) in [6, 6.07) is 0. The summed E-state index contributed by atoms with van der Waals surface area (Å²) < 4.78 is 23.6. The molecule has 12 nitrogen and oxygen atoms in total. The number of carboxylic acid groups (broad SMARTS) is 1. The van der Waals surface area contributed by atoms with Crippen LogP contribution >= 0.6 is 0 Å². The van der Waals surface area contributed by atoms with Gasteiger partial charge in [-0.1, -0.05) is 0 Å². The number of hydrogen-bond acceptors (Lipinski definition) is 11. The SMILES string of the molecule is C[C@@H]1O[C@@H](CC(=O)O)CC2=C1C(=O)c1c(O)c3c(c(O)c1C2=O)[C@H]1C[C@@H](O[C@H]2CC[C@H](O)[C@H](C)O2)[C@]3(O)[C@H](C)O1. The number of benzene rings is 1. The van der Waals surface area contributed by atoms with E-state index in [9.17, 15) is 39.9 Å². The summed E-state index contributed by atoms with van der Waals surface area (Å²) >= 11 is 0. The second-order valence-electron chi connectivity index (χ2n) is 11.4. The number of fused-ring (bicyclic) bond motifs is 3. The lowest BCUT2D eigenvalue weighted by molar-refractivity contribution is -0.311. The summed E-state index contributed by atoms with van der Waals surface area (Å²) in [7, 11) is 0. The Morgan fingerprint density at radius 3 is 2.40 bits per heavy atom. The Kier molecular flexibility index (Phi) is 6.37. The average Bonchev–Trinajstić information content (AvgIpc) is 2.87. The highest BCUT2D eigenvalue weighted by Crippen LogP contribution is 2.60. The fourth-order valence-electron chi connectivity index (χ4n) is 7.00. The molecule has 12 heteroatoms. The molecule has 4 heterocycles. The van der Waals surface area contributed by atoms with Crippen molar-refractivity contribution in [2.45, 2.75) is 107 Å². The van der Waals surface area contributed by atoms with Gasteiger partial charge in [-0.25, -0.2) is 0 Å². The first kappa shape index (κ1) is 27.3. The average molecular weight is 561 g/mol. The number of carboxylic acids is 1. The highest BCUT2D eigenvalue weighted by atomic mass is 16.7. The summed E-state index contributed by atoms with van der Waals surface area (Å²) in [5.74, 6) is -3.78. The Hall–Kier alpha value is -2.87. The van der Waals surface area contributed by atoms with Crippen LogP contribution in [0.25, 0.3) is 0 Å². The zero-order valence-electron chi connectivity index (χ0n) is 22.2. The Morgan fingerprint density at radius 1 is 1.02 bits per heavy atom. The monoisotopic (exact) mass is 560 g/mol. The molecule has 7 rings (SSSR count). The first-order valence-electron chi connectivity index (χ1n) is 13.5. The molecule has 1 aromatic rings. The zero-order chi connectivity index (χ0) is 28.8. The van der Waals surface area contributed by atoms with E-state index < -0.39 is 94.8 Å². The fourth-order valence-corrected chi connectivity index (χ4v) is 7.00. The Morgan fingerprint density at radius 2 is 1.73 bits per heavy atom. The molecule has 2 bridgehead atoms. The predicted octanol–water partition coefficient (Wildman–Crippen LogP) is 1.75. The largest absolute Gasteiger partial charge is 0.507 e. The van der Waals surface area contributed by atoms with Crippen molar-refractivity contribution >= 4 is 17.5 Å². The van der Waals surface area contributed by atoms with Crippen molar-refractivity contribution in [3.63, 3.8) is 0 Å². The standard InChI is InChI=1S/C28H32O12/c1-9-14(29)4-5-18(38-9)40-16-8-15-20-23(28(16,36)11(3)39-15)27(35)22-21(26(20)34)24(32)13-6-12(7-17(30)31)37-10(2)19(13)25(22)33/h9-12,14-16,18,29,34-36H,4-8H2,1-3H3,(H,30,31)/t9-,10-,11-,12+,14-,15+,16+,18-,28+/m0/s1. The lowest BCUT2D eigenvalue weighted by atomic mass is 9.66. The first-order valence-corrected chi connectivity index (χ1v) is 13.5. The van der Waals surface area contributed by atoms with Gasteiger partial charge in [-0.3, -0.25) is 14.4 Å². The minimum atomic E-state index is -2.01. The molecule has 0 saturated carbocycles. The minimum absolute atomic E-state index is 0.0115. The number of ether oxygens (including phenoxy) is 4. The van der Waals surface area contributed by atoms with Gasteiger partial charge in [0.25, 0.3) is 0 Å². The number of carbonyl (C=O) groups excluding carboxylic acids is 2. The second-order valence-corrected chi connectivity index (χ2v) is 11.4. The molecule has 2 fully saturated rings. The highest BCUT2D eigenvalue weighted by molar-refractivity contribution is 6.29. The number of hydrogen-bond donors (Lipinski definition) is 5. The van der Waals surface area contributed by atoms with Gasteiger partial charge >= 0.3 is 5.97 Å². The smallest absolute Gasteiger partial charge is 0.305 e. The van der Waals surface area contributed by atoms with Crippen molar-refractivity contribution in [1.82, 2.24) is 0 Å². The molecule has 6 aliphatic rings.